The molecule has 6 heteroatoms. The van der Waals surface area contributed by atoms with Crippen molar-refractivity contribution in [3.05, 3.63) is 72.4 Å². The number of nitrogens with zero attached hydrogens (tertiary/aromatic N) is 3. The summed E-state index contributed by atoms with van der Waals surface area (Å²) in [6, 6.07) is 12.9. The van der Waals surface area contributed by atoms with Crippen LogP contribution in [0.2, 0.25) is 0 Å². The molecule has 2 aromatic heterocycles. The number of rotatable bonds is 4. The molecule has 3 heterocycles. The van der Waals surface area contributed by atoms with Crippen molar-refractivity contribution < 1.29 is 9.53 Å². The van der Waals surface area contributed by atoms with Gasteiger partial charge in [-0.1, -0.05) is 18.2 Å². The summed E-state index contributed by atoms with van der Waals surface area (Å²) in [4.78, 5) is 21.2. The lowest BCUT2D eigenvalue weighted by Gasteiger charge is -2.25. The SMILES string of the molecule is O=C(NC1CCc2nccn2C1)c1cccnc1Oc1ccccc1. The van der Waals surface area contributed by atoms with Crippen LogP contribution in [0.4, 0.5) is 0 Å². The average molecular weight is 334 g/mol. The zero-order valence-electron chi connectivity index (χ0n) is 13.6. The smallest absolute Gasteiger partial charge is 0.257 e. The third kappa shape index (κ3) is 3.38. The van der Waals surface area contributed by atoms with Crippen LogP contribution < -0.4 is 10.1 Å². The molecule has 25 heavy (non-hydrogen) atoms. The summed E-state index contributed by atoms with van der Waals surface area (Å²) in [5.41, 5.74) is 0.433. The number of hydrogen-bond acceptors (Lipinski definition) is 4. The Bertz CT molecular complexity index is 876. The standard InChI is InChI=1S/C19H18N4O2/c24-18(22-14-8-9-17-20-11-12-23(17)13-14)16-7-4-10-21-19(16)25-15-5-2-1-3-6-15/h1-7,10-12,14H,8-9,13H2,(H,22,24). The number of carbonyl (C=O) groups excluding carboxylic acids is 1. The second-order valence-corrected chi connectivity index (χ2v) is 5.98. The number of pyridine rings is 1. The minimum Gasteiger partial charge on any atom is -0.438 e. The van der Waals surface area contributed by atoms with Crippen molar-refractivity contribution in [1.29, 1.82) is 0 Å². The third-order valence-electron chi connectivity index (χ3n) is 4.24. The number of hydrogen-bond donors (Lipinski definition) is 1. The minimum absolute atomic E-state index is 0.0685. The van der Waals surface area contributed by atoms with Crippen molar-refractivity contribution in [3.8, 4) is 11.6 Å². The van der Waals surface area contributed by atoms with E-state index in [1.54, 1.807) is 24.5 Å². The van der Waals surface area contributed by atoms with E-state index in [-0.39, 0.29) is 11.9 Å². The van der Waals surface area contributed by atoms with Gasteiger partial charge in [-0.3, -0.25) is 4.79 Å². The number of nitrogens with one attached hydrogen (secondary N) is 1. The Morgan fingerprint density at radius 3 is 2.88 bits per heavy atom. The maximum Gasteiger partial charge on any atom is 0.257 e. The number of benzene rings is 1. The number of imidazole rings is 1. The first-order chi connectivity index (χ1) is 12.3. The number of fused-ring (bicyclic) bond motifs is 1. The summed E-state index contributed by atoms with van der Waals surface area (Å²) in [7, 11) is 0. The predicted molar refractivity (Wildman–Crippen MR) is 92.6 cm³/mol. The highest BCUT2D eigenvalue weighted by molar-refractivity contribution is 5.96. The maximum atomic E-state index is 12.7. The number of ether oxygens (including phenoxy) is 1. The number of para-hydroxylation sites is 1. The highest BCUT2D eigenvalue weighted by Crippen LogP contribution is 2.23. The number of amides is 1. The van der Waals surface area contributed by atoms with Gasteiger partial charge in [0.15, 0.2) is 0 Å². The molecule has 3 aromatic rings. The van der Waals surface area contributed by atoms with Crippen molar-refractivity contribution in [1.82, 2.24) is 19.9 Å². The summed E-state index contributed by atoms with van der Waals surface area (Å²) < 4.78 is 7.86. The van der Waals surface area contributed by atoms with Crippen LogP contribution in [-0.2, 0) is 13.0 Å². The molecule has 0 saturated heterocycles. The van der Waals surface area contributed by atoms with Crippen molar-refractivity contribution in [2.24, 2.45) is 0 Å². The van der Waals surface area contributed by atoms with E-state index in [0.717, 1.165) is 25.2 Å². The maximum absolute atomic E-state index is 12.7. The van der Waals surface area contributed by atoms with Crippen molar-refractivity contribution in [3.63, 3.8) is 0 Å². The van der Waals surface area contributed by atoms with Gasteiger partial charge in [0.2, 0.25) is 5.88 Å². The fourth-order valence-electron chi connectivity index (χ4n) is 2.99. The first kappa shape index (κ1) is 15.4. The van der Waals surface area contributed by atoms with Crippen LogP contribution in [0.15, 0.2) is 61.1 Å². The average Bonchev–Trinajstić information content (AvgIpc) is 3.11. The van der Waals surface area contributed by atoms with E-state index in [1.165, 1.54) is 0 Å². The molecule has 126 valence electrons. The fourth-order valence-corrected chi connectivity index (χ4v) is 2.99. The van der Waals surface area contributed by atoms with Crippen LogP contribution in [0, 0.1) is 0 Å². The zero-order chi connectivity index (χ0) is 17.1. The van der Waals surface area contributed by atoms with E-state index < -0.39 is 0 Å². The van der Waals surface area contributed by atoms with Crippen molar-refractivity contribution in [2.45, 2.75) is 25.4 Å². The Labute approximate surface area is 145 Å². The predicted octanol–water partition coefficient (Wildman–Crippen LogP) is 2.82. The molecule has 1 aliphatic heterocycles. The molecule has 1 atom stereocenters. The van der Waals surface area contributed by atoms with E-state index in [9.17, 15) is 4.79 Å². The van der Waals surface area contributed by atoms with Gasteiger partial charge >= 0.3 is 0 Å². The quantitative estimate of drug-likeness (QED) is 0.796. The van der Waals surface area contributed by atoms with Gasteiger partial charge in [-0.2, -0.15) is 0 Å². The van der Waals surface area contributed by atoms with E-state index in [4.69, 9.17) is 4.74 Å². The van der Waals surface area contributed by atoms with Gasteiger partial charge in [-0.15, -0.1) is 0 Å². The molecule has 1 aliphatic rings. The first-order valence-electron chi connectivity index (χ1n) is 8.28. The van der Waals surface area contributed by atoms with Gasteiger partial charge in [-0.25, -0.2) is 9.97 Å². The lowest BCUT2D eigenvalue weighted by molar-refractivity contribution is 0.0924. The van der Waals surface area contributed by atoms with E-state index in [2.05, 4.69) is 19.9 Å². The van der Waals surface area contributed by atoms with Gasteiger partial charge in [-0.05, 0) is 30.7 Å². The molecule has 1 unspecified atom stereocenters. The summed E-state index contributed by atoms with van der Waals surface area (Å²) in [6.45, 7) is 0.732. The molecular formula is C19H18N4O2. The minimum atomic E-state index is -0.174. The Morgan fingerprint density at radius 1 is 1.12 bits per heavy atom. The number of aryl methyl sites for hydroxylation is 1. The Morgan fingerprint density at radius 2 is 2.00 bits per heavy atom. The van der Waals surface area contributed by atoms with Gasteiger partial charge in [0.05, 0.1) is 0 Å². The van der Waals surface area contributed by atoms with Crippen LogP contribution in [-0.4, -0.2) is 26.5 Å². The summed E-state index contributed by atoms with van der Waals surface area (Å²) in [5, 5.41) is 3.08. The normalized spacial score (nSPS) is 16.1. The molecule has 0 fully saturated rings. The van der Waals surface area contributed by atoms with Crippen molar-refractivity contribution in [2.75, 3.05) is 0 Å². The Hall–Kier alpha value is -3.15. The summed E-state index contributed by atoms with van der Waals surface area (Å²) >= 11 is 0. The van der Waals surface area contributed by atoms with Crippen LogP contribution in [0.3, 0.4) is 0 Å². The van der Waals surface area contributed by atoms with Crippen LogP contribution in [0.25, 0.3) is 0 Å². The van der Waals surface area contributed by atoms with E-state index in [1.807, 2.05) is 36.5 Å². The highest BCUT2D eigenvalue weighted by atomic mass is 16.5. The molecule has 1 amide bonds. The summed E-state index contributed by atoms with van der Waals surface area (Å²) in [6.07, 6.45) is 7.10. The lowest BCUT2D eigenvalue weighted by Crippen LogP contribution is -2.41. The largest absolute Gasteiger partial charge is 0.438 e. The second kappa shape index (κ2) is 6.76. The molecule has 6 nitrogen and oxygen atoms in total. The highest BCUT2D eigenvalue weighted by Gasteiger charge is 2.22. The Kier molecular flexibility index (Phi) is 4.16. The van der Waals surface area contributed by atoms with Gasteiger partial charge in [0.25, 0.3) is 5.91 Å². The second-order valence-electron chi connectivity index (χ2n) is 5.98. The molecule has 0 aliphatic carbocycles. The first-order valence-corrected chi connectivity index (χ1v) is 8.28. The topological polar surface area (TPSA) is 69.0 Å². The zero-order valence-corrected chi connectivity index (χ0v) is 13.6. The summed E-state index contributed by atoms with van der Waals surface area (Å²) in [5.74, 6) is 1.86. The van der Waals surface area contributed by atoms with E-state index >= 15 is 0 Å². The molecule has 1 N–H and O–H groups in total. The van der Waals surface area contributed by atoms with Crippen LogP contribution >= 0.6 is 0 Å². The van der Waals surface area contributed by atoms with Gasteiger partial charge in [0.1, 0.15) is 17.1 Å². The molecule has 1 aromatic carbocycles. The Balaban J connectivity index is 1.49. The molecule has 0 radical (unpaired) electrons. The third-order valence-corrected chi connectivity index (χ3v) is 4.24. The van der Waals surface area contributed by atoms with E-state index in [0.29, 0.717) is 17.2 Å². The fraction of sp³-hybridized carbons (Fsp3) is 0.211. The van der Waals surface area contributed by atoms with Crippen LogP contribution in [0.5, 0.6) is 11.6 Å². The molecule has 4 rings (SSSR count). The number of aromatic nitrogens is 3. The molecular weight excluding hydrogens is 316 g/mol. The van der Waals surface area contributed by atoms with Gasteiger partial charge < -0.3 is 14.6 Å². The molecule has 0 spiro atoms. The van der Waals surface area contributed by atoms with Gasteiger partial charge in [0, 0.05) is 37.6 Å². The number of carbonyl (C=O) groups is 1. The van der Waals surface area contributed by atoms with Crippen molar-refractivity contribution >= 4 is 5.91 Å². The molecule has 0 saturated carbocycles. The molecule has 0 bridgehead atoms. The monoisotopic (exact) mass is 334 g/mol. The van der Waals surface area contributed by atoms with Crippen LogP contribution in [0.1, 0.15) is 22.6 Å². The lowest BCUT2D eigenvalue weighted by atomic mass is 10.1.